The van der Waals surface area contributed by atoms with Crippen LogP contribution in [0.5, 0.6) is 0 Å². The highest BCUT2D eigenvalue weighted by Crippen LogP contribution is 2.32. The number of nitrogens with zero attached hydrogens (tertiary/aromatic N) is 3. The van der Waals surface area contributed by atoms with Crippen molar-refractivity contribution in [3.05, 3.63) is 54.1 Å². The number of carbonyl (C=O) groups excluding carboxylic acids is 1. The summed E-state index contributed by atoms with van der Waals surface area (Å²) in [6.07, 6.45) is -4.43. The monoisotopic (exact) mass is 484 g/mol. The summed E-state index contributed by atoms with van der Waals surface area (Å²) in [5.41, 5.74) is 0.165. The number of hydrogen-bond acceptors (Lipinski definition) is 4. The maximum atomic E-state index is 13.0. The summed E-state index contributed by atoms with van der Waals surface area (Å²) in [6, 6.07) is 10.7. The van der Waals surface area contributed by atoms with Crippen LogP contribution in [0.4, 0.5) is 29.3 Å². The lowest BCUT2D eigenvalue weighted by Gasteiger charge is -2.35. The Labute approximate surface area is 191 Å². The number of benzene rings is 2. The van der Waals surface area contributed by atoms with Gasteiger partial charge in [-0.05, 0) is 56.3 Å². The van der Waals surface area contributed by atoms with E-state index in [1.54, 1.807) is 15.9 Å². The molecule has 0 saturated carbocycles. The zero-order valence-electron chi connectivity index (χ0n) is 18.5. The highest BCUT2D eigenvalue weighted by molar-refractivity contribution is 7.89. The van der Waals surface area contributed by atoms with Crippen molar-refractivity contribution in [3.63, 3.8) is 0 Å². The molecule has 1 fully saturated rings. The second kappa shape index (κ2) is 10.0. The van der Waals surface area contributed by atoms with Gasteiger partial charge in [-0.25, -0.2) is 13.2 Å². The van der Waals surface area contributed by atoms with Crippen LogP contribution in [0.15, 0.2) is 53.4 Å². The lowest BCUT2D eigenvalue weighted by molar-refractivity contribution is -0.137. The molecule has 7 nitrogen and oxygen atoms in total. The van der Waals surface area contributed by atoms with Gasteiger partial charge in [-0.1, -0.05) is 6.07 Å². The van der Waals surface area contributed by atoms with E-state index in [4.69, 9.17) is 0 Å². The SMILES string of the molecule is CCN(CC)C(=O)Nc1ccc(S(=O)(=O)N2CCN(c3cccc(C(F)(F)F)c3)CC2)cc1. The normalized spacial score (nSPS) is 15.4. The molecule has 2 aromatic carbocycles. The van der Waals surface area contributed by atoms with Crippen LogP contribution in [0.25, 0.3) is 0 Å². The summed E-state index contributed by atoms with van der Waals surface area (Å²) in [6.45, 7) is 5.70. The number of urea groups is 1. The number of nitrogens with one attached hydrogen (secondary N) is 1. The minimum atomic E-state index is -4.43. The Morgan fingerprint density at radius 3 is 2.15 bits per heavy atom. The molecule has 2 amide bonds. The van der Waals surface area contributed by atoms with E-state index in [2.05, 4.69) is 5.32 Å². The van der Waals surface area contributed by atoms with Crippen molar-refractivity contribution < 1.29 is 26.4 Å². The summed E-state index contributed by atoms with van der Waals surface area (Å²) >= 11 is 0. The van der Waals surface area contributed by atoms with Crippen molar-refractivity contribution in [1.29, 1.82) is 0 Å². The zero-order valence-corrected chi connectivity index (χ0v) is 19.3. The molecule has 1 N–H and O–H groups in total. The summed E-state index contributed by atoms with van der Waals surface area (Å²) in [5, 5.41) is 2.73. The Balaban J connectivity index is 1.65. The smallest absolute Gasteiger partial charge is 0.369 e. The molecule has 1 saturated heterocycles. The van der Waals surface area contributed by atoms with Crippen molar-refractivity contribution in [2.45, 2.75) is 24.9 Å². The van der Waals surface area contributed by atoms with Crippen LogP contribution in [0.2, 0.25) is 0 Å². The van der Waals surface area contributed by atoms with E-state index in [1.807, 2.05) is 13.8 Å². The molecule has 3 rings (SSSR count). The highest BCUT2D eigenvalue weighted by atomic mass is 32.2. The second-order valence-corrected chi connectivity index (χ2v) is 9.50. The zero-order chi connectivity index (χ0) is 24.2. The molecule has 0 aromatic heterocycles. The number of piperazine rings is 1. The third-order valence-corrected chi connectivity index (χ3v) is 7.48. The number of amides is 2. The van der Waals surface area contributed by atoms with Gasteiger partial charge in [-0.15, -0.1) is 0 Å². The van der Waals surface area contributed by atoms with Crippen molar-refractivity contribution >= 4 is 27.4 Å². The topological polar surface area (TPSA) is 73.0 Å². The van der Waals surface area contributed by atoms with Crippen LogP contribution >= 0.6 is 0 Å². The maximum absolute atomic E-state index is 13.0. The molecule has 1 heterocycles. The van der Waals surface area contributed by atoms with Gasteiger partial charge in [0, 0.05) is 50.6 Å². The minimum absolute atomic E-state index is 0.0934. The van der Waals surface area contributed by atoms with E-state index in [0.717, 1.165) is 12.1 Å². The highest BCUT2D eigenvalue weighted by Gasteiger charge is 2.32. The van der Waals surface area contributed by atoms with Gasteiger partial charge in [0.15, 0.2) is 0 Å². The molecular weight excluding hydrogens is 457 g/mol. The Morgan fingerprint density at radius 1 is 1.00 bits per heavy atom. The van der Waals surface area contributed by atoms with Gasteiger partial charge in [0.2, 0.25) is 10.0 Å². The lowest BCUT2D eigenvalue weighted by atomic mass is 10.1. The fourth-order valence-corrected chi connectivity index (χ4v) is 5.06. The molecule has 0 unspecified atom stereocenters. The second-order valence-electron chi connectivity index (χ2n) is 7.57. The quantitative estimate of drug-likeness (QED) is 0.671. The Morgan fingerprint density at radius 2 is 1.61 bits per heavy atom. The van der Waals surface area contributed by atoms with Gasteiger partial charge in [0.25, 0.3) is 0 Å². The van der Waals surface area contributed by atoms with Crippen LogP contribution in [0.1, 0.15) is 19.4 Å². The van der Waals surface area contributed by atoms with Gasteiger partial charge in [0.05, 0.1) is 10.5 Å². The van der Waals surface area contributed by atoms with Gasteiger partial charge >= 0.3 is 12.2 Å². The standard InChI is InChI=1S/C22H27F3N4O3S/c1-3-27(4-2)21(30)26-18-8-10-20(11-9-18)33(31,32)29-14-12-28(13-15-29)19-7-5-6-17(16-19)22(23,24)25/h5-11,16H,3-4,12-15H2,1-2H3,(H,26,30). The van der Waals surface area contributed by atoms with Crippen molar-refractivity contribution in [2.75, 3.05) is 49.5 Å². The largest absolute Gasteiger partial charge is 0.416 e. The van der Waals surface area contributed by atoms with Crippen molar-refractivity contribution in [2.24, 2.45) is 0 Å². The predicted molar refractivity (Wildman–Crippen MR) is 121 cm³/mol. The molecule has 1 aliphatic heterocycles. The number of alkyl halides is 3. The molecule has 2 aromatic rings. The molecule has 0 spiro atoms. The summed E-state index contributed by atoms with van der Waals surface area (Å²) in [5.74, 6) is 0. The van der Waals surface area contributed by atoms with E-state index in [0.29, 0.717) is 24.5 Å². The van der Waals surface area contributed by atoms with Gasteiger partial charge in [0.1, 0.15) is 0 Å². The van der Waals surface area contributed by atoms with Crippen LogP contribution in [0.3, 0.4) is 0 Å². The molecule has 0 aliphatic carbocycles. The van der Waals surface area contributed by atoms with E-state index >= 15 is 0 Å². The van der Waals surface area contributed by atoms with Crippen molar-refractivity contribution in [3.8, 4) is 0 Å². The molecule has 1 aliphatic rings. The fourth-order valence-electron chi connectivity index (χ4n) is 3.64. The number of sulfonamides is 1. The molecule has 11 heteroatoms. The molecule has 33 heavy (non-hydrogen) atoms. The first-order valence-electron chi connectivity index (χ1n) is 10.6. The molecular formula is C22H27F3N4O3S. The van der Waals surface area contributed by atoms with E-state index in [-0.39, 0.29) is 37.1 Å². The van der Waals surface area contributed by atoms with Crippen LogP contribution < -0.4 is 10.2 Å². The third kappa shape index (κ3) is 5.77. The number of rotatable bonds is 6. The molecule has 0 radical (unpaired) electrons. The lowest BCUT2D eigenvalue weighted by Crippen LogP contribution is -2.48. The molecule has 0 atom stereocenters. The first-order chi connectivity index (χ1) is 15.6. The number of carbonyl (C=O) groups is 1. The average molecular weight is 485 g/mol. The Hall–Kier alpha value is -2.79. The molecule has 180 valence electrons. The maximum Gasteiger partial charge on any atom is 0.416 e. The van der Waals surface area contributed by atoms with E-state index in [1.165, 1.54) is 34.6 Å². The van der Waals surface area contributed by atoms with E-state index in [9.17, 15) is 26.4 Å². The van der Waals surface area contributed by atoms with Gasteiger partial charge in [-0.3, -0.25) is 0 Å². The van der Waals surface area contributed by atoms with E-state index < -0.39 is 21.8 Å². The first kappa shape index (κ1) is 24.8. The Bertz CT molecular complexity index is 1060. The average Bonchev–Trinajstić information content (AvgIpc) is 2.80. The van der Waals surface area contributed by atoms with Crippen LogP contribution in [0, 0.1) is 0 Å². The molecule has 0 bridgehead atoms. The van der Waals surface area contributed by atoms with Crippen molar-refractivity contribution in [1.82, 2.24) is 9.21 Å². The minimum Gasteiger partial charge on any atom is -0.369 e. The third-order valence-electron chi connectivity index (χ3n) is 5.57. The summed E-state index contributed by atoms with van der Waals surface area (Å²) in [7, 11) is -3.77. The number of hydrogen-bond donors (Lipinski definition) is 1. The van der Waals surface area contributed by atoms with Gasteiger partial charge in [-0.2, -0.15) is 17.5 Å². The number of halogens is 3. The van der Waals surface area contributed by atoms with Crippen LogP contribution in [-0.4, -0.2) is 62.9 Å². The summed E-state index contributed by atoms with van der Waals surface area (Å²) in [4.78, 5) is 15.6. The van der Waals surface area contributed by atoms with Crippen LogP contribution in [-0.2, 0) is 16.2 Å². The fraction of sp³-hybridized carbons (Fsp3) is 0.409. The predicted octanol–water partition coefficient (Wildman–Crippen LogP) is 4.09. The van der Waals surface area contributed by atoms with Gasteiger partial charge < -0.3 is 15.1 Å². The Kier molecular flexibility index (Phi) is 7.53. The number of anilines is 2. The first-order valence-corrected chi connectivity index (χ1v) is 12.1. The summed E-state index contributed by atoms with van der Waals surface area (Å²) < 4.78 is 66.3.